The molecule has 3 rings (SSSR count). The Morgan fingerprint density at radius 3 is 2.59 bits per heavy atom. The number of hydrogen-bond donors (Lipinski definition) is 1. The maximum absolute atomic E-state index is 13.0. The van der Waals surface area contributed by atoms with Gasteiger partial charge >= 0.3 is 6.18 Å². The molecule has 0 radical (unpaired) electrons. The van der Waals surface area contributed by atoms with Crippen LogP contribution in [0, 0.1) is 10.1 Å². The van der Waals surface area contributed by atoms with Crippen LogP contribution in [0.3, 0.4) is 0 Å². The van der Waals surface area contributed by atoms with E-state index in [1.807, 2.05) is 13.8 Å². The van der Waals surface area contributed by atoms with Gasteiger partial charge in [0.05, 0.1) is 10.5 Å². The van der Waals surface area contributed by atoms with Gasteiger partial charge in [0.25, 0.3) is 5.69 Å². The molecule has 154 valence electrons. The zero-order valence-electron chi connectivity index (χ0n) is 15.9. The Morgan fingerprint density at radius 1 is 1.28 bits per heavy atom. The SMILES string of the molecule is CCNc1cc(SCC)c(-c2nc3cc(C(F)(F)F)cnc3n2C)cc1[N+](=O)[O-]. The predicted octanol–water partition coefficient (Wildman–Crippen LogP) is 5.11. The number of halogens is 3. The number of anilines is 1. The molecule has 11 heteroatoms. The average molecular weight is 425 g/mol. The fourth-order valence-electron chi connectivity index (χ4n) is 2.97. The first-order chi connectivity index (χ1) is 13.7. The van der Waals surface area contributed by atoms with E-state index >= 15 is 0 Å². The number of nitro groups is 1. The van der Waals surface area contributed by atoms with Crippen molar-refractivity contribution in [1.82, 2.24) is 14.5 Å². The van der Waals surface area contributed by atoms with E-state index in [2.05, 4.69) is 15.3 Å². The summed E-state index contributed by atoms with van der Waals surface area (Å²) >= 11 is 1.47. The van der Waals surface area contributed by atoms with Crippen molar-refractivity contribution in [2.24, 2.45) is 7.05 Å². The van der Waals surface area contributed by atoms with Crippen molar-refractivity contribution < 1.29 is 18.1 Å². The molecule has 0 spiro atoms. The Bertz CT molecular complexity index is 1080. The largest absolute Gasteiger partial charge is 0.417 e. The van der Waals surface area contributed by atoms with Crippen molar-refractivity contribution in [3.63, 3.8) is 0 Å². The molecular weight excluding hydrogens is 407 g/mol. The topological polar surface area (TPSA) is 85.9 Å². The predicted molar refractivity (Wildman–Crippen MR) is 106 cm³/mol. The minimum atomic E-state index is -4.53. The van der Waals surface area contributed by atoms with Crippen LogP contribution in [0.5, 0.6) is 0 Å². The van der Waals surface area contributed by atoms with Gasteiger partial charge in [0.2, 0.25) is 0 Å². The quantitative estimate of drug-likeness (QED) is 0.336. The minimum absolute atomic E-state index is 0.0724. The van der Waals surface area contributed by atoms with Crippen LogP contribution in [0.1, 0.15) is 19.4 Å². The molecule has 0 bridgehead atoms. The molecule has 1 aromatic carbocycles. The van der Waals surface area contributed by atoms with Crippen molar-refractivity contribution in [2.75, 3.05) is 17.6 Å². The number of nitrogens with one attached hydrogen (secondary N) is 1. The van der Waals surface area contributed by atoms with Crippen LogP contribution in [0.2, 0.25) is 0 Å². The summed E-state index contributed by atoms with van der Waals surface area (Å²) in [7, 11) is 1.62. The number of fused-ring (bicyclic) bond motifs is 1. The van der Waals surface area contributed by atoms with E-state index < -0.39 is 16.7 Å². The molecule has 0 saturated carbocycles. The van der Waals surface area contributed by atoms with Gasteiger partial charge in [-0.15, -0.1) is 11.8 Å². The normalized spacial score (nSPS) is 11.8. The second-order valence-electron chi connectivity index (χ2n) is 6.14. The molecule has 0 aliphatic rings. The van der Waals surface area contributed by atoms with Gasteiger partial charge in [-0.1, -0.05) is 6.92 Å². The standard InChI is InChI=1S/C18H18F3N5O2S/c1-4-22-12-8-15(29-5-2)11(7-14(12)26(27)28)16-24-13-6-10(18(19,20)21)9-23-17(13)25(16)3/h6-9,22H,4-5H2,1-3H3. The van der Waals surface area contributed by atoms with Gasteiger partial charge in [-0.25, -0.2) is 9.97 Å². The Balaban J connectivity index is 2.25. The van der Waals surface area contributed by atoms with Crippen molar-refractivity contribution in [3.8, 4) is 11.4 Å². The first-order valence-corrected chi connectivity index (χ1v) is 9.75. The highest BCUT2D eigenvalue weighted by Crippen LogP contribution is 2.40. The van der Waals surface area contributed by atoms with Gasteiger partial charge in [-0.05, 0) is 24.8 Å². The first-order valence-electron chi connectivity index (χ1n) is 8.76. The molecule has 3 aromatic rings. The van der Waals surface area contributed by atoms with E-state index in [-0.39, 0.29) is 16.9 Å². The van der Waals surface area contributed by atoms with Crippen LogP contribution in [-0.4, -0.2) is 31.8 Å². The summed E-state index contributed by atoms with van der Waals surface area (Å²) in [5, 5.41) is 14.5. The highest BCUT2D eigenvalue weighted by molar-refractivity contribution is 7.99. The monoisotopic (exact) mass is 425 g/mol. The molecule has 2 heterocycles. The van der Waals surface area contributed by atoms with Crippen molar-refractivity contribution >= 4 is 34.3 Å². The summed E-state index contributed by atoms with van der Waals surface area (Å²) < 4.78 is 40.6. The zero-order chi connectivity index (χ0) is 21.3. The fraction of sp³-hybridized carbons (Fsp3) is 0.333. The minimum Gasteiger partial charge on any atom is -0.380 e. The number of hydrogen-bond acceptors (Lipinski definition) is 6. The summed E-state index contributed by atoms with van der Waals surface area (Å²) in [5.74, 6) is 1.02. The average Bonchev–Trinajstić information content (AvgIpc) is 2.97. The van der Waals surface area contributed by atoms with Gasteiger partial charge in [0.15, 0.2) is 5.65 Å². The van der Waals surface area contributed by atoms with Gasteiger partial charge in [0, 0.05) is 36.3 Å². The second kappa shape index (κ2) is 7.90. The summed E-state index contributed by atoms with van der Waals surface area (Å²) in [6, 6.07) is 4.01. The molecule has 0 atom stereocenters. The van der Waals surface area contributed by atoms with Crippen molar-refractivity contribution in [3.05, 3.63) is 40.1 Å². The lowest BCUT2D eigenvalue weighted by molar-refractivity contribution is -0.383. The molecule has 0 fully saturated rings. The van der Waals surface area contributed by atoms with Gasteiger partial charge in [-0.3, -0.25) is 10.1 Å². The molecule has 0 aliphatic carbocycles. The highest BCUT2D eigenvalue weighted by atomic mass is 32.2. The number of nitrogens with zero attached hydrogens (tertiary/aromatic N) is 4. The molecule has 29 heavy (non-hydrogen) atoms. The maximum Gasteiger partial charge on any atom is 0.417 e. The van der Waals surface area contributed by atoms with Crippen LogP contribution < -0.4 is 5.32 Å². The third-order valence-electron chi connectivity index (χ3n) is 4.24. The van der Waals surface area contributed by atoms with Crippen LogP contribution in [-0.2, 0) is 13.2 Å². The lowest BCUT2D eigenvalue weighted by atomic mass is 10.1. The second-order valence-corrected chi connectivity index (χ2v) is 7.45. The number of aromatic nitrogens is 3. The molecular formula is C18H18F3N5O2S. The van der Waals surface area contributed by atoms with Gasteiger partial charge in [0.1, 0.15) is 17.0 Å². The number of thioether (sulfide) groups is 1. The van der Waals surface area contributed by atoms with Crippen molar-refractivity contribution in [2.45, 2.75) is 24.9 Å². The van der Waals surface area contributed by atoms with Crippen LogP contribution in [0.15, 0.2) is 29.3 Å². The number of benzene rings is 1. The van der Waals surface area contributed by atoms with E-state index in [0.29, 0.717) is 29.4 Å². The van der Waals surface area contributed by atoms with Crippen LogP contribution in [0.25, 0.3) is 22.6 Å². The van der Waals surface area contributed by atoms with Gasteiger partial charge in [-0.2, -0.15) is 13.2 Å². The summed E-state index contributed by atoms with van der Waals surface area (Å²) in [4.78, 5) is 20.0. The van der Waals surface area contributed by atoms with Crippen molar-refractivity contribution in [1.29, 1.82) is 0 Å². The molecule has 0 unspecified atom stereocenters. The number of rotatable bonds is 6. The molecule has 0 saturated heterocycles. The van der Waals surface area contributed by atoms with E-state index in [1.165, 1.54) is 17.8 Å². The third-order valence-corrected chi connectivity index (χ3v) is 5.18. The number of nitro benzene ring substituents is 1. The summed E-state index contributed by atoms with van der Waals surface area (Å²) in [6.45, 7) is 4.28. The third kappa shape index (κ3) is 4.00. The van der Waals surface area contributed by atoms with E-state index in [4.69, 9.17) is 0 Å². The summed E-state index contributed by atoms with van der Waals surface area (Å²) in [6.07, 6.45) is -3.78. The Hall–Kier alpha value is -2.82. The lowest BCUT2D eigenvalue weighted by Crippen LogP contribution is -2.05. The molecule has 7 nitrogen and oxygen atoms in total. The maximum atomic E-state index is 13.0. The molecule has 1 N–H and O–H groups in total. The fourth-order valence-corrected chi connectivity index (χ4v) is 3.79. The van der Waals surface area contributed by atoms with Gasteiger partial charge < -0.3 is 9.88 Å². The van der Waals surface area contributed by atoms with Crippen LogP contribution >= 0.6 is 11.8 Å². The smallest absolute Gasteiger partial charge is 0.380 e. The highest BCUT2D eigenvalue weighted by Gasteiger charge is 2.32. The summed E-state index contributed by atoms with van der Waals surface area (Å²) in [5.41, 5.74) is 0.166. The number of pyridine rings is 1. The zero-order valence-corrected chi connectivity index (χ0v) is 16.7. The van der Waals surface area contributed by atoms with E-state index in [0.717, 1.165) is 17.2 Å². The van der Waals surface area contributed by atoms with E-state index in [1.54, 1.807) is 17.7 Å². The number of imidazole rings is 1. The molecule has 0 aliphatic heterocycles. The number of alkyl halides is 3. The Labute approximate surface area is 168 Å². The number of aryl methyl sites for hydroxylation is 1. The molecule has 2 aromatic heterocycles. The Morgan fingerprint density at radius 2 is 2.00 bits per heavy atom. The lowest BCUT2D eigenvalue weighted by Gasteiger charge is -2.12. The van der Waals surface area contributed by atoms with E-state index in [9.17, 15) is 23.3 Å². The first kappa shape index (κ1) is 20.9. The Kier molecular flexibility index (Phi) is 5.69. The molecule has 0 amide bonds. The van der Waals surface area contributed by atoms with Crippen LogP contribution in [0.4, 0.5) is 24.5 Å².